The second-order valence-corrected chi connectivity index (χ2v) is 5.67. The first-order valence-electron chi connectivity index (χ1n) is 5.84. The van der Waals surface area contributed by atoms with Gasteiger partial charge in [-0.25, -0.2) is 4.98 Å². The van der Waals surface area contributed by atoms with Crippen molar-refractivity contribution in [2.45, 2.75) is 32.4 Å². The van der Waals surface area contributed by atoms with Gasteiger partial charge in [0.1, 0.15) is 5.65 Å². The molecule has 0 aliphatic rings. The molecule has 0 radical (unpaired) electrons. The van der Waals surface area contributed by atoms with Crippen LogP contribution in [0.15, 0.2) is 30.6 Å². The maximum atomic E-state index is 4.56. The molecule has 0 bridgehead atoms. The number of hydrogen-bond acceptors (Lipinski definition) is 2. The summed E-state index contributed by atoms with van der Waals surface area (Å²) in [5.74, 6) is 0. The number of alkyl halides is 1. The summed E-state index contributed by atoms with van der Waals surface area (Å²) in [6.45, 7) is 5.23. The van der Waals surface area contributed by atoms with E-state index in [1.807, 2.05) is 24.4 Å². The van der Waals surface area contributed by atoms with Crippen LogP contribution in [0.3, 0.4) is 0 Å². The third-order valence-corrected chi connectivity index (χ3v) is 3.28. The Bertz CT molecular complexity index is 457. The first-order chi connectivity index (χ1) is 8.11. The van der Waals surface area contributed by atoms with E-state index in [2.05, 4.69) is 50.7 Å². The Morgan fingerprint density at radius 1 is 1.41 bits per heavy atom. The van der Waals surface area contributed by atoms with Gasteiger partial charge in [-0.3, -0.25) is 0 Å². The van der Waals surface area contributed by atoms with Gasteiger partial charge >= 0.3 is 0 Å². The molecule has 17 heavy (non-hydrogen) atoms. The van der Waals surface area contributed by atoms with E-state index in [0.29, 0.717) is 0 Å². The van der Waals surface area contributed by atoms with Crippen LogP contribution >= 0.6 is 15.9 Å². The molecule has 0 spiro atoms. The Labute approximate surface area is 110 Å². The molecule has 0 saturated heterocycles. The molecular weight excluding hydrogens is 278 g/mol. The summed E-state index contributed by atoms with van der Waals surface area (Å²) in [5.41, 5.74) is 2.22. The molecule has 0 aliphatic carbocycles. The van der Waals surface area contributed by atoms with Crippen LogP contribution in [0, 0.1) is 0 Å². The lowest BCUT2D eigenvalue weighted by molar-refractivity contribution is 0.376. The van der Waals surface area contributed by atoms with Crippen molar-refractivity contribution in [3.05, 3.63) is 36.3 Å². The summed E-state index contributed by atoms with van der Waals surface area (Å²) in [6.07, 6.45) is 5.20. The molecule has 3 nitrogen and oxygen atoms in total. The largest absolute Gasteiger partial charge is 0.307 e. The molecule has 2 rings (SSSR count). The Kier molecular flexibility index (Phi) is 3.84. The molecule has 2 aromatic rings. The summed E-state index contributed by atoms with van der Waals surface area (Å²) in [4.78, 5) is 4.56. The molecule has 0 unspecified atom stereocenters. The number of fused-ring (bicyclic) bond motifs is 1. The van der Waals surface area contributed by atoms with E-state index >= 15 is 0 Å². The standard InChI is InChI=1S/C13H18BrN3/c1-13(2,6-7-14)15-9-11-10-17-8-4-3-5-12(17)16-11/h3-5,8,10,15H,6-7,9H2,1-2H3. The van der Waals surface area contributed by atoms with Crippen LogP contribution in [0.1, 0.15) is 26.0 Å². The first kappa shape index (κ1) is 12.6. The van der Waals surface area contributed by atoms with Crippen LogP contribution in [0.25, 0.3) is 5.65 Å². The van der Waals surface area contributed by atoms with Crippen molar-refractivity contribution in [3.8, 4) is 0 Å². The van der Waals surface area contributed by atoms with E-state index in [9.17, 15) is 0 Å². The topological polar surface area (TPSA) is 29.3 Å². The Balaban J connectivity index is 2.04. The maximum Gasteiger partial charge on any atom is 0.137 e. The quantitative estimate of drug-likeness (QED) is 0.860. The van der Waals surface area contributed by atoms with E-state index in [4.69, 9.17) is 0 Å². The lowest BCUT2D eigenvalue weighted by atomic mass is 10.0. The molecule has 92 valence electrons. The smallest absolute Gasteiger partial charge is 0.137 e. The number of imidazole rings is 1. The summed E-state index contributed by atoms with van der Waals surface area (Å²) < 4.78 is 2.05. The van der Waals surface area contributed by atoms with Crippen LogP contribution in [-0.4, -0.2) is 20.3 Å². The molecular formula is C13H18BrN3. The summed E-state index contributed by atoms with van der Waals surface area (Å²) in [5, 5.41) is 4.54. The zero-order valence-corrected chi connectivity index (χ0v) is 11.9. The lowest BCUT2D eigenvalue weighted by Gasteiger charge is -2.24. The van der Waals surface area contributed by atoms with Gasteiger partial charge in [-0.1, -0.05) is 22.0 Å². The summed E-state index contributed by atoms with van der Waals surface area (Å²) >= 11 is 3.48. The minimum Gasteiger partial charge on any atom is -0.307 e. The van der Waals surface area contributed by atoms with Gasteiger partial charge in [-0.2, -0.15) is 0 Å². The molecule has 0 aliphatic heterocycles. The molecule has 0 aromatic carbocycles. The molecule has 0 amide bonds. The Morgan fingerprint density at radius 2 is 2.24 bits per heavy atom. The summed E-state index contributed by atoms with van der Waals surface area (Å²) in [7, 11) is 0. The number of nitrogens with one attached hydrogen (secondary N) is 1. The number of aromatic nitrogens is 2. The monoisotopic (exact) mass is 295 g/mol. The highest BCUT2D eigenvalue weighted by molar-refractivity contribution is 9.09. The van der Waals surface area contributed by atoms with E-state index in [1.54, 1.807) is 0 Å². The fourth-order valence-electron chi connectivity index (χ4n) is 1.73. The lowest BCUT2D eigenvalue weighted by Crippen LogP contribution is -2.39. The van der Waals surface area contributed by atoms with Crippen LogP contribution in [-0.2, 0) is 6.54 Å². The Morgan fingerprint density at radius 3 is 2.94 bits per heavy atom. The van der Waals surface area contributed by atoms with Crippen molar-refractivity contribution >= 4 is 21.6 Å². The average Bonchev–Trinajstić information content (AvgIpc) is 2.69. The average molecular weight is 296 g/mol. The molecule has 0 saturated carbocycles. The fraction of sp³-hybridized carbons (Fsp3) is 0.462. The van der Waals surface area contributed by atoms with Crippen LogP contribution < -0.4 is 5.32 Å². The fourth-order valence-corrected chi connectivity index (χ4v) is 2.72. The zero-order chi connectivity index (χ0) is 12.3. The van der Waals surface area contributed by atoms with Crippen molar-refractivity contribution in [3.63, 3.8) is 0 Å². The number of pyridine rings is 1. The van der Waals surface area contributed by atoms with Gasteiger partial charge in [0.25, 0.3) is 0 Å². The minimum atomic E-state index is 0.138. The molecule has 0 atom stereocenters. The molecule has 2 heterocycles. The molecule has 1 N–H and O–H groups in total. The normalized spacial score (nSPS) is 12.2. The van der Waals surface area contributed by atoms with Crippen LogP contribution in [0.5, 0.6) is 0 Å². The number of halogens is 1. The highest BCUT2D eigenvalue weighted by Crippen LogP contribution is 2.12. The second-order valence-electron chi connectivity index (χ2n) is 4.87. The van der Waals surface area contributed by atoms with E-state index < -0.39 is 0 Å². The SMILES string of the molecule is CC(C)(CCBr)NCc1cn2ccccc2n1. The minimum absolute atomic E-state index is 0.138. The van der Waals surface area contributed by atoms with Gasteiger partial charge in [0.05, 0.1) is 5.69 Å². The third kappa shape index (κ3) is 3.30. The number of rotatable bonds is 5. The van der Waals surface area contributed by atoms with E-state index in [-0.39, 0.29) is 5.54 Å². The zero-order valence-electron chi connectivity index (χ0n) is 10.3. The molecule has 2 aromatic heterocycles. The predicted octanol–water partition coefficient (Wildman–Crippen LogP) is 2.99. The van der Waals surface area contributed by atoms with Gasteiger partial charge in [0.15, 0.2) is 0 Å². The van der Waals surface area contributed by atoms with Gasteiger partial charge in [0, 0.05) is 29.8 Å². The molecule has 4 heteroatoms. The van der Waals surface area contributed by atoms with Crippen LogP contribution in [0.4, 0.5) is 0 Å². The van der Waals surface area contributed by atoms with E-state index in [0.717, 1.165) is 29.6 Å². The van der Waals surface area contributed by atoms with E-state index in [1.165, 1.54) is 0 Å². The van der Waals surface area contributed by atoms with Crippen molar-refractivity contribution < 1.29 is 0 Å². The highest BCUT2D eigenvalue weighted by atomic mass is 79.9. The number of hydrogen-bond donors (Lipinski definition) is 1. The summed E-state index contributed by atoms with van der Waals surface area (Å²) in [6, 6.07) is 6.04. The Hall–Kier alpha value is -0.870. The number of nitrogens with zero attached hydrogens (tertiary/aromatic N) is 2. The van der Waals surface area contributed by atoms with Crippen molar-refractivity contribution in [1.82, 2.24) is 14.7 Å². The first-order valence-corrected chi connectivity index (χ1v) is 6.96. The highest BCUT2D eigenvalue weighted by Gasteiger charge is 2.16. The predicted molar refractivity (Wildman–Crippen MR) is 74.5 cm³/mol. The second kappa shape index (κ2) is 5.19. The van der Waals surface area contributed by atoms with Gasteiger partial charge in [0.2, 0.25) is 0 Å². The van der Waals surface area contributed by atoms with Crippen molar-refractivity contribution in [2.24, 2.45) is 0 Å². The van der Waals surface area contributed by atoms with Crippen molar-refractivity contribution in [1.29, 1.82) is 0 Å². The third-order valence-electron chi connectivity index (χ3n) is 2.88. The maximum absolute atomic E-state index is 4.56. The van der Waals surface area contributed by atoms with Crippen molar-refractivity contribution in [2.75, 3.05) is 5.33 Å². The van der Waals surface area contributed by atoms with Crippen LogP contribution in [0.2, 0.25) is 0 Å². The van der Waals surface area contributed by atoms with Gasteiger partial charge in [-0.15, -0.1) is 0 Å². The van der Waals surface area contributed by atoms with Gasteiger partial charge < -0.3 is 9.72 Å². The molecule has 0 fully saturated rings. The van der Waals surface area contributed by atoms with Gasteiger partial charge in [-0.05, 0) is 32.4 Å².